The highest BCUT2D eigenvalue weighted by molar-refractivity contribution is 6.13. The molecule has 3 rings (SSSR count). The Hall–Kier alpha value is -3.26. The predicted molar refractivity (Wildman–Crippen MR) is 107 cm³/mol. The molecular weight excluding hydrogens is 304 g/mol. The molecule has 122 valence electrons. The second-order valence-corrected chi connectivity index (χ2v) is 5.72. The molecule has 0 amide bonds. The van der Waals surface area contributed by atoms with Crippen LogP contribution in [0.15, 0.2) is 107 Å². The number of hydrogen-bond acceptors (Lipinski definition) is 2. The van der Waals surface area contributed by atoms with Crippen molar-refractivity contribution >= 4 is 18.0 Å². The minimum absolute atomic E-state index is 0.866. The fourth-order valence-electron chi connectivity index (χ4n) is 2.50. The highest BCUT2D eigenvalue weighted by Crippen LogP contribution is 2.11. The molecule has 0 aliphatic heterocycles. The average Bonchev–Trinajstić information content (AvgIpc) is 2.67. The maximum atomic E-state index is 4.49. The van der Waals surface area contributed by atoms with Crippen LogP contribution in [-0.4, -0.2) is 11.9 Å². The number of benzene rings is 3. The summed E-state index contributed by atoms with van der Waals surface area (Å²) in [4.78, 5) is 0. The highest BCUT2D eigenvalue weighted by atomic mass is 15.2. The van der Waals surface area contributed by atoms with Gasteiger partial charge in [-0.25, -0.2) is 0 Å². The summed E-state index contributed by atoms with van der Waals surface area (Å²) < 4.78 is 0. The van der Waals surface area contributed by atoms with Crippen molar-refractivity contribution < 1.29 is 0 Å². The first kappa shape index (κ1) is 16.6. The zero-order valence-electron chi connectivity index (χ0n) is 14.2. The first-order chi connectivity index (χ1) is 12.3. The van der Waals surface area contributed by atoms with Gasteiger partial charge in [-0.1, -0.05) is 97.1 Å². The number of allylic oxidation sites excluding steroid dienone is 1. The van der Waals surface area contributed by atoms with Crippen LogP contribution in [0.4, 0.5) is 0 Å². The Bertz CT molecular complexity index is 836. The summed E-state index contributed by atoms with van der Waals surface area (Å²) in [6.45, 7) is 2.02. The fourth-order valence-corrected chi connectivity index (χ4v) is 2.50. The van der Waals surface area contributed by atoms with Crippen molar-refractivity contribution in [2.45, 2.75) is 6.92 Å². The maximum Gasteiger partial charge on any atom is 0.100 e. The lowest BCUT2D eigenvalue weighted by Crippen LogP contribution is -2.02. The Labute approximate surface area is 148 Å². The fraction of sp³-hybridized carbons (Fsp3) is 0.0435. The lowest BCUT2D eigenvalue weighted by molar-refractivity contribution is 1.24. The Balaban J connectivity index is 1.88. The SMILES string of the molecule is CC(/C=N\N=C(c1ccccc1)c1ccccc1)=C\c1ccccc1. The van der Waals surface area contributed by atoms with Gasteiger partial charge in [0.05, 0.1) is 6.21 Å². The smallest absolute Gasteiger partial charge is 0.100 e. The van der Waals surface area contributed by atoms with Crippen LogP contribution in [0.5, 0.6) is 0 Å². The molecule has 0 bridgehead atoms. The number of nitrogens with zero attached hydrogens (tertiary/aromatic N) is 2. The minimum atomic E-state index is 0.866. The van der Waals surface area contributed by atoms with Gasteiger partial charge < -0.3 is 0 Å². The molecule has 0 aromatic heterocycles. The van der Waals surface area contributed by atoms with Crippen LogP contribution in [0.25, 0.3) is 6.08 Å². The van der Waals surface area contributed by atoms with Gasteiger partial charge in [0.15, 0.2) is 0 Å². The van der Waals surface area contributed by atoms with Gasteiger partial charge >= 0.3 is 0 Å². The van der Waals surface area contributed by atoms with E-state index < -0.39 is 0 Å². The topological polar surface area (TPSA) is 24.7 Å². The molecule has 2 nitrogen and oxygen atoms in total. The number of rotatable bonds is 5. The molecule has 0 saturated heterocycles. The van der Waals surface area contributed by atoms with E-state index in [2.05, 4.69) is 28.4 Å². The van der Waals surface area contributed by atoms with Crippen LogP contribution in [0.3, 0.4) is 0 Å². The van der Waals surface area contributed by atoms with E-state index in [0.29, 0.717) is 0 Å². The largest absolute Gasteiger partial charge is 0.158 e. The molecule has 0 radical (unpaired) electrons. The standard InChI is InChI=1S/C23H20N2/c1-19(17-20-11-5-2-6-12-20)18-24-25-23(21-13-7-3-8-14-21)22-15-9-4-10-16-22/h2-18H,1H3/b19-17+,24-18-. The van der Waals surface area contributed by atoms with E-state index in [9.17, 15) is 0 Å². The van der Waals surface area contributed by atoms with Crippen molar-refractivity contribution in [1.82, 2.24) is 0 Å². The van der Waals surface area contributed by atoms with Gasteiger partial charge in [-0.2, -0.15) is 5.10 Å². The molecule has 0 aliphatic rings. The predicted octanol–water partition coefficient (Wildman–Crippen LogP) is 5.61. The van der Waals surface area contributed by atoms with Crippen LogP contribution in [-0.2, 0) is 0 Å². The summed E-state index contributed by atoms with van der Waals surface area (Å²) in [7, 11) is 0. The van der Waals surface area contributed by atoms with Gasteiger partial charge in [0, 0.05) is 11.1 Å². The molecule has 3 aromatic carbocycles. The molecule has 0 N–H and O–H groups in total. The highest BCUT2D eigenvalue weighted by Gasteiger charge is 2.05. The van der Waals surface area contributed by atoms with Crippen molar-refractivity contribution in [1.29, 1.82) is 0 Å². The number of hydrogen-bond donors (Lipinski definition) is 0. The molecular formula is C23H20N2. The zero-order chi connectivity index (χ0) is 17.3. The molecule has 0 spiro atoms. The van der Waals surface area contributed by atoms with Gasteiger partial charge in [0.25, 0.3) is 0 Å². The van der Waals surface area contributed by atoms with Crippen LogP contribution in [0.2, 0.25) is 0 Å². The van der Waals surface area contributed by atoms with E-state index in [-0.39, 0.29) is 0 Å². The Morgan fingerprint density at radius 1 is 0.680 bits per heavy atom. The monoisotopic (exact) mass is 324 g/mol. The maximum absolute atomic E-state index is 4.49. The van der Waals surface area contributed by atoms with Crippen molar-refractivity contribution in [3.8, 4) is 0 Å². The van der Waals surface area contributed by atoms with Gasteiger partial charge in [0.2, 0.25) is 0 Å². The van der Waals surface area contributed by atoms with Crippen molar-refractivity contribution in [3.05, 3.63) is 113 Å². The molecule has 0 atom stereocenters. The second-order valence-electron chi connectivity index (χ2n) is 5.72. The van der Waals surface area contributed by atoms with Crippen molar-refractivity contribution in [2.75, 3.05) is 0 Å². The van der Waals surface area contributed by atoms with Gasteiger partial charge in [-0.15, -0.1) is 5.10 Å². The molecule has 0 heterocycles. The minimum Gasteiger partial charge on any atom is -0.158 e. The molecule has 0 fully saturated rings. The third kappa shape index (κ3) is 4.85. The summed E-state index contributed by atoms with van der Waals surface area (Å²) in [5.74, 6) is 0. The van der Waals surface area contributed by atoms with Crippen LogP contribution < -0.4 is 0 Å². The summed E-state index contributed by atoms with van der Waals surface area (Å²) in [6, 6.07) is 30.5. The quantitative estimate of drug-likeness (QED) is 0.430. The Morgan fingerprint density at radius 3 is 1.68 bits per heavy atom. The van der Waals surface area contributed by atoms with E-state index in [1.807, 2.05) is 85.8 Å². The third-order valence-electron chi connectivity index (χ3n) is 3.71. The lowest BCUT2D eigenvalue weighted by atomic mass is 10.0. The van der Waals surface area contributed by atoms with E-state index in [4.69, 9.17) is 0 Å². The Kier molecular flexibility index (Phi) is 5.68. The van der Waals surface area contributed by atoms with Gasteiger partial charge in [0.1, 0.15) is 5.71 Å². The normalized spacial score (nSPS) is 11.5. The van der Waals surface area contributed by atoms with E-state index >= 15 is 0 Å². The van der Waals surface area contributed by atoms with E-state index in [0.717, 1.165) is 28.0 Å². The first-order valence-electron chi connectivity index (χ1n) is 8.28. The van der Waals surface area contributed by atoms with Crippen molar-refractivity contribution in [2.24, 2.45) is 10.2 Å². The molecule has 2 heteroatoms. The summed E-state index contributed by atoms with van der Waals surface area (Å²) >= 11 is 0. The molecule has 0 saturated carbocycles. The van der Waals surface area contributed by atoms with E-state index in [1.165, 1.54) is 0 Å². The summed E-state index contributed by atoms with van der Waals surface area (Å²) in [5.41, 5.74) is 5.17. The van der Waals surface area contributed by atoms with Crippen LogP contribution in [0, 0.1) is 0 Å². The zero-order valence-corrected chi connectivity index (χ0v) is 14.2. The van der Waals surface area contributed by atoms with Crippen LogP contribution in [0.1, 0.15) is 23.6 Å². The first-order valence-corrected chi connectivity index (χ1v) is 8.28. The lowest BCUT2D eigenvalue weighted by Gasteiger charge is -2.05. The van der Waals surface area contributed by atoms with Crippen LogP contribution >= 0.6 is 0 Å². The van der Waals surface area contributed by atoms with E-state index in [1.54, 1.807) is 6.21 Å². The second kappa shape index (κ2) is 8.55. The Morgan fingerprint density at radius 2 is 1.16 bits per heavy atom. The molecule has 0 unspecified atom stereocenters. The third-order valence-corrected chi connectivity index (χ3v) is 3.71. The summed E-state index contributed by atoms with van der Waals surface area (Å²) in [6.07, 6.45) is 3.88. The summed E-state index contributed by atoms with van der Waals surface area (Å²) in [5, 5.41) is 8.81. The van der Waals surface area contributed by atoms with Crippen molar-refractivity contribution in [3.63, 3.8) is 0 Å². The molecule has 0 aliphatic carbocycles. The molecule has 3 aromatic rings. The van der Waals surface area contributed by atoms with Gasteiger partial charge in [-0.3, -0.25) is 0 Å². The molecule has 25 heavy (non-hydrogen) atoms. The van der Waals surface area contributed by atoms with Gasteiger partial charge in [-0.05, 0) is 18.1 Å². The average molecular weight is 324 g/mol.